The molecule has 0 saturated carbocycles. The molecule has 4 heteroatoms. The van der Waals surface area contributed by atoms with Crippen LogP contribution in [0.2, 0.25) is 0 Å². The third-order valence-electron chi connectivity index (χ3n) is 3.34. The molecule has 100 valence electrons. The van der Waals surface area contributed by atoms with Crippen molar-refractivity contribution in [1.82, 2.24) is 4.98 Å². The molecule has 1 aromatic carbocycles. The summed E-state index contributed by atoms with van der Waals surface area (Å²) < 4.78 is 0. The monoisotopic (exact) mass is 258 g/mol. The Kier molecular flexibility index (Phi) is 3.69. The molecule has 0 fully saturated rings. The fraction of sp³-hybridized carbons (Fsp3) is 0.333. The first-order valence-corrected chi connectivity index (χ1v) is 6.46. The van der Waals surface area contributed by atoms with Gasteiger partial charge in [-0.15, -0.1) is 0 Å². The average molecular weight is 258 g/mol. The minimum absolute atomic E-state index is 0.274. The van der Waals surface area contributed by atoms with Crippen LogP contribution in [0.3, 0.4) is 0 Å². The van der Waals surface area contributed by atoms with E-state index in [-0.39, 0.29) is 5.56 Å². The molecule has 0 bridgehead atoms. The maximum Gasteiger partial charge on any atom is 0.335 e. The summed E-state index contributed by atoms with van der Waals surface area (Å²) in [6.07, 6.45) is 0. The number of anilines is 1. The van der Waals surface area contributed by atoms with Crippen LogP contribution in [0.15, 0.2) is 24.3 Å². The molecule has 0 aliphatic rings. The highest BCUT2D eigenvalue weighted by atomic mass is 16.4. The van der Waals surface area contributed by atoms with E-state index in [9.17, 15) is 4.79 Å². The Balaban J connectivity index is 2.62. The highest BCUT2D eigenvalue weighted by molar-refractivity contribution is 5.94. The Morgan fingerprint density at radius 3 is 2.53 bits per heavy atom. The molecule has 1 N–H and O–H groups in total. The molecular formula is C15H18N2O2. The maximum absolute atomic E-state index is 11.0. The standard InChI is InChI=1S/C15H18N2O2/c1-4-17(5-2)14-8-10(3)12-7-6-11(15(18)19)9-13(12)16-14/h6-9H,4-5H2,1-3H3,(H,18,19). The number of carbonyl (C=O) groups is 1. The number of benzene rings is 1. The molecule has 19 heavy (non-hydrogen) atoms. The smallest absolute Gasteiger partial charge is 0.335 e. The Morgan fingerprint density at radius 2 is 1.95 bits per heavy atom. The summed E-state index contributed by atoms with van der Waals surface area (Å²) in [5, 5.41) is 10.0. The maximum atomic E-state index is 11.0. The van der Waals surface area contributed by atoms with E-state index in [1.807, 2.05) is 13.0 Å². The number of hydrogen-bond acceptors (Lipinski definition) is 3. The van der Waals surface area contributed by atoms with E-state index in [4.69, 9.17) is 5.11 Å². The van der Waals surface area contributed by atoms with Crippen molar-refractivity contribution >= 4 is 22.7 Å². The Labute approximate surface area is 112 Å². The molecule has 0 saturated heterocycles. The minimum Gasteiger partial charge on any atom is -0.478 e. The van der Waals surface area contributed by atoms with Gasteiger partial charge in [0.1, 0.15) is 5.82 Å². The number of rotatable bonds is 4. The first kappa shape index (κ1) is 13.3. The van der Waals surface area contributed by atoms with Crippen LogP contribution in [0.5, 0.6) is 0 Å². The van der Waals surface area contributed by atoms with Crippen molar-refractivity contribution in [3.63, 3.8) is 0 Å². The second-order valence-electron chi connectivity index (χ2n) is 4.51. The molecular weight excluding hydrogens is 240 g/mol. The molecule has 0 amide bonds. The van der Waals surface area contributed by atoms with Crippen LogP contribution in [0.4, 0.5) is 5.82 Å². The van der Waals surface area contributed by atoms with Gasteiger partial charge in [-0.05, 0) is 44.5 Å². The van der Waals surface area contributed by atoms with Gasteiger partial charge in [0.2, 0.25) is 0 Å². The molecule has 0 radical (unpaired) electrons. The topological polar surface area (TPSA) is 53.4 Å². The summed E-state index contributed by atoms with van der Waals surface area (Å²) in [5.74, 6) is -0.0212. The van der Waals surface area contributed by atoms with Crippen molar-refractivity contribution in [1.29, 1.82) is 0 Å². The highest BCUT2D eigenvalue weighted by Gasteiger charge is 2.10. The number of carboxylic acids is 1. The van der Waals surface area contributed by atoms with Crippen LogP contribution in [-0.4, -0.2) is 29.1 Å². The zero-order valence-corrected chi connectivity index (χ0v) is 11.5. The van der Waals surface area contributed by atoms with E-state index < -0.39 is 5.97 Å². The van der Waals surface area contributed by atoms with E-state index in [1.165, 1.54) is 0 Å². The Bertz CT molecular complexity index is 619. The van der Waals surface area contributed by atoms with Crippen molar-refractivity contribution < 1.29 is 9.90 Å². The van der Waals surface area contributed by atoms with Gasteiger partial charge in [0, 0.05) is 18.5 Å². The molecule has 1 heterocycles. The van der Waals surface area contributed by atoms with Gasteiger partial charge in [-0.1, -0.05) is 6.07 Å². The molecule has 2 aromatic rings. The number of carboxylic acid groups (broad SMARTS) is 1. The van der Waals surface area contributed by atoms with Crippen LogP contribution in [0, 0.1) is 6.92 Å². The van der Waals surface area contributed by atoms with Crippen molar-refractivity contribution in [2.24, 2.45) is 0 Å². The third-order valence-corrected chi connectivity index (χ3v) is 3.34. The number of aromatic carboxylic acids is 1. The van der Waals surface area contributed by atoms with Gasteiger partial charge in [0.05, 0.1) is 11.1 Å². The Morgan fingerprint density at radius 1 is 1.26 bits per heavy atom. The van der Waals surface area contributed by atoms with Crippen molar-refractivity contribution in [3.05, 3.63) is 35.4 Å². The SMILES string of the molecule is CCN(CC)c1cc(C)c2ccc(C(=O)O)cc2n1. The van der Waals surface area contributed by atoms with E-state index in [0.717, 1.165) is 35.4 Å². The fourth-order valence-corrected chi connectivity index (χ4v) is 2.23. The summed E-state index contributed by atoms with van der Waals surface area (Å²) >= 11 is 0. The first-order valence-electron chi connectivity index (χ1n) is 6.46. The second-order valence-corrected chi connectivity index (χ2v) is 4.51. The quantitative estimate of drug-likeness (QED) is 0.915. The summed E-state index contributed by atoms with van der Waals surface area (Å²) in [6, 6.07) is 7.14. The lowest BCUT2D eigenvalue weighted by molar-refractivity contribution is 0.0697. The molecule has 0 unspecified atom stereocenters. The van der Waals surface area contributed by atoms with E-state index >= 15 is 0 Å². The molecule has 0 atom stereocenters. The normalized spacial score (nSPS) is 10.7. The van der Waals surface area contributed by atoms with Crippen LogP contribution >= 0.6 is 0 Å². The molecule has 4 nitrogen and oxygen atoms in total. The number of fused-ring (bicyclic) bond motifs is 1. The minimum atomic E-state index is -0.922. The molecule has 1 aromatic heterocycles. The van der Waals surface area contributed by atoms with Crippen molar-refractivity contribution in [2.45, 2.75) is 20.8 Å². The molecule has 2 rings (SSSR count). The predicted octanol–water partition coefficient (Wildman–Crippen LogP) is 3.09. The van der Waals surface area contributed by atoms with Gasteiger partial charge in [-0.2, -0.15) is 0 Å². The highest BCUT2D eigenvalue weighted by Crippen LogP contribution is 2.23. The van der Waals surface area contributed by atoms with Crippen LogP contribution in [-0.2, 0) is 0 Å². The van der Waals surface area contributed by atoms with E-state index in [0.29, 0.717) is 0 Å². The van der Waals surface area contributed by atoms with Gasteiger partial charge in [-0.25, -0.2) is 9.78 Å². The van der Waals surface area contributed by atoms with E-state index in [2.05, 4.69) is 29.8 Å². The van der Waals surface area contributed by atoms with Crippen LogP contribution in [0.1, 0.15) is 29.8 Å². The summed E-state index contributed by atoms with van der Waals surface area (Å²) in [5.41, 5.74) is 2.13. The molecule has 0 aliphatic carbocycles. The number of aromatic nitrogens is 1. The number of hydrogen-bond donors (Lipinski definition) is 1. The average Bonchev–Trinajstić information content (AvgIpc) is 2.39. The lowest BCUT2D eigenvalue weighted by Crippen LogP contribution is -2.23. The lowest BCUT2D eigenvalue weighted by Gasteiger charge is -2.21. The fourth-order valence-electron chi connectivity index (χ4n) is 2.23. The second kappa shape index (κ2) is 5.26. The van der Waals surface area contributed by atoms with Gasteiger partial charge in [0.15, 0.2) is 0 Å². The van der Waals surface area contributed by atoms with Crippen LogP contribution < -0.4 is 4.90 Å². The zero-order chi connectivity index (χ0) is 14.0. The Hall–Kier alpha value is -2.10. The van der Waals surface area contributed by atoms with Gasteiger partial charge >= 0.3 is 5.97 Å². The number of nitrogens with zero attached hydrogens (tertiary/aromatic N) is 2. The zero-order valence-electron chi connectivity index (χ0n) is 11.5. The summed E-state index contributed by atoms with van der Waals surface area (Å²) in [6.45, 7) is 7.95. The van der Waals surface area contributed by atoms with Gasteiger partial charge in [0.25, 0.3) is 0 Å². The first-order chi connectivity index (χ1) is 9.06. The van der Waals surface area contributed by atoms with Crippen molar-refractivity contribution in [3.8, 4) is 0 Å². The van der Waals surface area contributed by atoms with Gasteiger partial charge in [-0.3, -0.25) is 0 Å². The molecule has 0 aliphatic heterocycles. The number of aryl methyl sites for hydroxylation is 1. The largest absolute Gasteiger partial charge is 0.478 e. The third kappa shape index (κ3) is 2.52. The summed E-state index contributed by atoms with van der Waals surface area (Å²) in [7, 11) is 0. The van der Waals surface area contributed by atoms with Gasteiger partial charge < -0.3 is 10.0 Å². The van der Waals surface area contributed by atoms with Crippen LogP contribution in [0.25, 0.3) is 10.9 Å². The lowest BCUT2D eigenvalue weighted by atomic mass is 10.1. The molecule has 0 spiro atoms. The summed E-state index contributed by atoms with van der Waals surface area (Å²) in [4.78, 5) is 17.8. The van der Waals surface area contributed by atoms with Crippen molar-refractivity contribution in [2.75, 3.05) is 18.0 Å². The van der Waals surface area contributed by atoms with E-state index in [1.54, 1.807) is 12.1 Å². The predicted molar refractivity (Wildman–Crippen MR) is 77.0 cm³/mol. The number of pyridine rings is 1.